The first-order valence-corrected chi connectivity index (χ1v) is 8.65. The molecule has 3 aromatic carbocycles. The monoisotopic (exact) mass is 375 g/mol. The van der Waals surface area contributed by atoms with Crippen LogP contribution in [-0.4, -0.2) is 24.1 Å². The van der Waals surface area contributed by atoms with Gasteiger partial charge in [-0.05, 0) is 29.8 Å². The number of benzene rings is 3. The predicted molar refractivity (Wildman–Crippen MR) is 106 cm³/mol. The van der Waals surface area contributed by atoms with Crippen molar-refractivity contribution in [2.75, 3.05) is 6.54 Å². The largest absolute Gasteiger partial charge is 0.346 e. The van der Waals surface area contributed by atoms with E-state index in [0.717, 1.165) is 5.56 Å². The Morgan fingerprint density at radius 3 is 1.96 bits per heavy atom. The maximum absolute atomic E-state index is 13.8. The van der Waals surface area contributed by atoms with Crippen LogP contribution in [0.2, 0.25) is 0 Å². The number of carbonyl (C=O) groups is 2. The van der Waals surface area contributed by atoms with E-state index in [1.54, 1.807) is 30.3 Å². The van der Waals surface area contributed by atoms with Crippen molar-refractivity contribution in [1.29, 1.82) is 0 Å². The number of hydrogen-bond acceptors (Lipinski definition) is 3. The topological polar surface area (TPSA) is 70.6 Å². The fourth-order valence-electron chi connectivity index (χ4n) is 2.51. The zero-order valence-electron chi connectivity index (χ0n) is 14.9. The third-order valence-corrected chi connectivity index (χ3v) is 3.97. The fraction of sp³-hybridized carbons (Fsp3) is 0.0455. The molecule has 3 rings (SSSR count). The summed E-state index contributed by atoms with van der Waals surface area (Å²) in [7, 11) is 0. The Labute approximate surface area is 161 Å². The Morgan fingerprint density at radius 2 is 1.32 bits per heavy atom. The van der Waals surface area contributed by atoms with Gasteiger partial charge in [-0.1, -0.05) is 60.7 Å². The molecule has 0 bridgehead atoms. The quantitative estimate of drug-likeness (QED) is 0.512. The first-order chi connectivity index (χ1) is 13.6. The van der Waals surface area contributed by atoms with Gasteiger partial charge in [0.1, 0.15) is 5.82 Å². The van der Waals surface area contributed by atoms with Gasteiger partial charge in [0.2, 0.25) is 0 Å². The summed E-state index contributed by atoms with van der Waals surface area (Å²) in [6.07, 6.45) is 0. The van der Waals surface area contributed by atoms with Crippen molar-refractivity contribution in [2.45, 2.75) is 0 Å². The molecule has 0 heterocycles. The van der Waals surface area contributed by atoms with E-state index in [0.29, 0.717) is 11.3 Å². The van der Waals surface area contributed by atoms with E-state index in [9.17, 15) is 14.0 Å². The van der Waals surface area contributed by atoms with E-state index in [-0.39, 0.29) is 18.0 Å². The van der Waals surface area contributed by atoms with Crippen LogP contribution in [0.5, 0.6) is 0 Å². The number of rotatable bonds is 6. The number of halogens is 1. The second-order valence-electron chi connectivity index (χ2n) is 5.89. The minimum Gasteiger partial charge on any atom is -0.346 e. The zero-order valence-corrected chi connectivity index (χ0v) is 14.9. The first-order valence-electron chi connectivity index (χ1n) is 8.65. The highest BCUT2D eigenvalue weighted by Crippen LogP contribution is 2.07. The zero-order chi connectivity index (χ0) is 19.8. The van der Waals surface area contributed by atoms with E-state index in [1.165, 1.54) is 18.2 Å². The number of nitrogens with one attached hydrogen (secondary N) is 2. The molecule has 0 saturated heterocycles. The summed E-state index contributed by atoms with van der Waals surface area (Å²) in [6, 6.07) is 23.5. The molecule has 5 nitrogen and oxygen atoms in total. The summed E-state index contributed by atoms with van der Waals surface area (Å²) in [5.41, 5.74) is 4.08. The number of amides is 2. The Kier molecular flexibility index (Phi) is 6.25. The summed E-state index contributed by atoms with van der Waals surface area (Å²) < 4.78 is 13.8. The number of carbonyl (C=O) groups excluding carboxylic acids is 2. The van der Waals surface area contributed by atoms with Crippen LogP contribution in [0.1, 0.15) is 26.3 Å². The lowest BCUT2D eigenvalue weighted by Crippen LogP contribution is -2.32. The summed E-state index contributed by atoms with van der Waals surface area (Å²) in [5.74, 6) is -1.53. The van der Waals surface area contributed by atoms with Crippen molar-refractivity contribution >= 4 is 17.5 Å². The van der Waals surface area contributed by atoms with E-state index < -0.39 is 11.7 Å². The average molecular weight is 375 g/mol. The van der Waals surface area contributed by atoms with Crippen LogP contribution in [0.25, 0.3) is 0 Å². The van der Waals surface area contributed by atoms with Gasteiger partial charge >= 0.3 is 0 Å². The molecule has 0 unspecified atom stereocenters. The van der Waals surface area contributed by atoms with E-state index in [1.807, 2.05) is 36.4 Å². The maximum atomic E-state index is 13.8. The molecule has 6 heteroatoms. The minimum atomic E-state index is -0.601. The highest BCUT2D eigenvalue weighted by molar-refractivity contribution is 6.06. The molecule has 0 aliphatic heterocycles. The van der Waals surface area contributed by atoms with Crippen LogP contribution in [0.4, 0.5) is 4.39 Å². The van der Waals surface area contributed by atoms with Gasteiger partial charge < -0.3 is 5.32 Å². The lowest BCUT2D eigenvalue weighted by molar-refractivity contribution is 0.0950. The van der Waals surface area contributed by atoms with Gasteiger partial charge in [0.05, 0.1) is 17.8 Å². The Morgan fingerprint density at radius 1 is 0.750 bits per heavy atom. The molecule has 2 amide bonds. The summed E-state index contributed by atoms with van der Waals surface area (Å²) in [5, 5.41) is 6.81. The van der Waals surface area contributed by atoms with Gasteiger partial charge in [0.15, 0.2) is 0 Å². The lowest BCUT2D eigenvalue weighted by atomic mass is 10.1. The van der Waals surface area contributed by atoms with Gasteiger partial charge in [0, 0.05) is 5.56 Å². The molecular weight excluding hydrogens is 357 g/mol. The van der Waals surface area contributed by atoms with Crippen LogP contribution in [0.3, 0.4) is 0 Å². The number of nitrogens with zero attached hydrogens (tertiary/aromatic N) is 1. The van der Waals surface area contributed by atoms with Gasteiger partial charge in [-0.3, -0.25) is 9.59 Å². The predicted octanol–water partition coefficient (Wildman–Crippen LogP) is 3.39. The molecule has 0 aliphatic carbocycles. The Hall–Kier alpha value is -3.80. The van der Waals surface area contributed by atoms with Crippen molar-refractivity contribution in [3.05, 3.63) is 107 Å². The van der Waals surface area contributed by atoms with Crippen LogP contribution >= 0.6 is 0 Å². The van der Waals surface area contributed by atoms with Crippen molar-refractivity contribution < 1.29 is 14.0 Å². The third kappa shape index (κ3) is 4.88. The summed E-state index contributed by atoms with van der Waals surface area (Å²) in [4.78, 5) is 24.5. The third-order valence-electron chi connectivity index (χ3n) is 3.97. The SMILES string of the molecule is O=C(NN=C(CNC(=O)c1ccccc1F)c1ccccc1)c1ccccc1. The van der Waals surface area contributed by atoms with Crippen molar-refractivity contribution in [1.82, 2.24) is 10.7 Å². The summed E-state index contributed by atoms with van der Waals surface area (Å²) in [6.45, 7) is 0.0201. The van der Waals surface area contributed by atoms with E-state index >= 15 is 0 Å². The van der Waals surface area contributed by atoms with E-state index in [2.05, 4.69) is 15.8 Å². The Bertz CT molecular complexity index is 989. The second-order valence-corrected chi connectivity index (χ2v) is 5.89. The van der Waals surface area contributed by atoms with Gasteiger partial charge in [-0.2, -0.15) is 5.10 Å². The van der Waals surface area contributed by atoms with Gasteiger partial charge in [0.25, 0.3) is 11.8 Å². The van der Waals surface area contributed by atoms with Crippen molar-refractivity contribution in [3.63, 3.8) is 0 Å². The number of hydrazone groups is 1. The second kappa shape index (κ2) is 9.23. The first kappa shape index (κ1) is 19.0. The highest BCUT2D eigenvalue weighted by Gasteiger charge is 2.13. The molecule has 3 aromatic rings. The van der Waals surface area contributed by atoms with Gasteiger partial charge in [-0.25, -0.2) is 9.82 Å². The van der Waals surface area contributed by atoms with Crippen LogP contribution in [-0.2, 0) is 0 Å². The smallest absolute Gasteiger partial charge is 0.271 e. The van der Waals surface area contributed by atoms with Crippen LogP contribution in [0.15, 0.2) is 90.0 Å². The molecule has 0 aliphatic rings. The normalized spacial score (nSPS) is 11.0. The average Bonchev–Trinajstić information content (AvgIpc) is 2.75. The maximum Gasteiger partial charge on any atom is 0.271 e. The highest BCUT2D eigenvalue weighted by atomic mass is 19.1. The molecule has 0 saturated carbocycles. The molecule has 0 fully saturated rings. The number of hydrogen-bond donors (Lipinski definition) is 2. The molecule has 2 N–H and O–H groups in total. The standard InChI is InChI=1S/C22H18FN3O2/c23-19-14-8-7-13-18(19)22(28)24-15-20(16-9-3-1-4-10-16)25-26-21(27)17-11-5-2-6-12-17/h1-14H,15H2,(H,24,28)(H,26,27). The lowest BCUT2D eigenvalue weighted by Gasteiger charge is -2.10. The molecule has 0 spiro atoms. The summed E-state index contributed by atoms with van der Waals surface area (Å²) >= 11 is 0. The molecule has 140 valence electrons. The van der Waals surface area contributed by atoms with Crippen LogP contribution in [0, 0.1) is 5.82 Å². The van der Waals surface area contributed by atoms with Gasteiger partial charge in [-0.15, -0.1) is 0 Å². The van der Waals surface area contributed by atoms with Crippen LogP contribution < -0.4 is 10.7 Å². The molecule has 28 heavy (non-hydrogen) atoms. The molecule has 0 aromatic heterocycles. The molecular formula is C22H18FN3O2. The fourth-order valence-corrected chi connectivity index (χ4v) is 2.51. The minimum absolute atomic E-state index is 0.0201. The van der Waals surface area contributed by atoms with Crippen molar-refractivity contribution in [3.8, 4) is 0 Å². The molecule has 0 atom stereocenters. The van der Waals surface area contributed by atoms with E-state index in [4.69, 9.17) is 0 Å². The van der Waals surface area contributed by atoms with Crippen molar-refractivity contribution in [2.24, 2.45) is 5.10 Å². The Balaban J connectivity index is 1.75. The molecule has 0 radical (unpaired) electrons.